The summed E-state index contributed by atoms with van der Waals surface area (Å²) in [6.45, 7) is 6.20. The second kappa shape index (κ2) is 5.38. The quantitative estimate of drug-likeness (QED) is 0.675. The molecule has 0 atom stereocenters. The zero-order valence-corrected chi connectivity index (χ0v) is 8.32. The molecule has 1 aliphatic rings. The summed E-state index contributed by atoms with van der Waals surface area (Å²) in [4.78, 5) is 11.1. The topological polar surface area (TPSA) is 38.3 Å². The molecule has 72 valence electrons. The number of hydrogen-bond acceptors (Lipinski definition) is 3. The Morgan fingerprint density at radius 1 is 1.58 bits per heavy atom. The Morgan fingerprint density at radius 2 is 2.17 bits per heavy atom. The second-order valence-electron chi connectivity index (χ2n) is 3.38. The summed E-state index contributed by atoms with van der Waals surface area (Å²) in [7, 11) is 0. The molecule has 1 rings (SSSR count). The molecule has 0 aromatic carbocycles. The molecule has 0 aromatic heterocycles. The van der Waals surface area contributed by atoms with Gasteiger partial charge in [-0.15, -0.1) is 12.4 Å². The Kier molecular flexibility index (Phi) is 5.25. The second-order valence-corrected chi connectivity index (χ2v) is 3.38. The smallest absolute Gasteiger partial charge is 0.311 e. The van der Waals surface area contributed by atoms with Gasteiger partial charge in [0.1, 0.15) is 0 Å². The highest BCUT2D eigenvalue weighted by molar-refractivity contribution is 5.85. The third-order valence-electron chi connectivity index (χ3n) is 1.67. The molecule has 1 heterocycles. The van der Waals surface area contributed by atoms with Gasteiger partial charge < -0.3 is 10.1 Å². The highest BCUT2D eigenvalue weighted by atomic mass is 35.5. The standard InChI is InChI=1S/C8H15NO2.ClH/c1-6(2)5-11-8(10)7-3-9-4-7;/h6-7,9H,3-5H2,1-2H3;1H. The van der Waals surface area contributed by atoms with Gasteiger partial charge in [0, 0.05) is 13.1 Å². The van der Waals surface area contributed by atoms with Crippen LogP contribution in [0, 0.1) is 11.8 Å². The fraction of sp³-hybridized carbons (Fsp3) is 0.875. The Hall–Kier alpha value is -0.280. The molecule has 1 aliphatic heterocycles. The number of carbonyl (C=O) groups excluding carboxylic acids is 1. The monoisotopic (exact) mass is 193 g/mol. The van der Waals surface area contributed by atoms with Crippen LogP contribution in [0.15, 0.2) is 0 Å². The van der Waals surface area contributed by atoms with Crippen LogP contribution in [0.25, 0.3) is 0 Å². The average Bonchev–Trinajstić information content (AvgIpc) is 1.79. The molecule has 1 saturated heterocycles. The summed E-state index contributed by atoms with van der Waals surface area (Å²) >= 11 is 0. The van der Waals surface area contributed by atoms with Crippen LogP contribution < -0.4 is 5.32 Å². The summed E-state index contributed by atoms with van der Waals surface area (Å²) in [5.74, 6) is 0.512. The first kappa shape index (κ1) is 11.7. The summed E-state index contributed by atoms with van der Waals surface area (Å²) in [5, 5.41) is 3.03. The van der Waals surface area contributed by atoms with Crippen molar-refractivity contribution in [1.29, 1.82) is 0 Å². The van der Waals surface area contributed by atoms with Crippen LogP contribution in [0.2, 0.25) is 0 Å². The van der Waals surface area contributed by atoms with E-state index >= 15 is 0 Å². The van der Waals surface area contributed by atoms with Crippen molar-refractivity contribution in [2.75, 3.05) is 19.7 Å². The van der Waals surface area contributed by atoms with Gasteiger partial charge in [0.25, 0.3) is 0 Å². The number of ether oxygens (including phenoxy) is 1. The number of carbonyl (C=O) groups is 1. The van der Waals surface area contributed by atoms with Gasteiger partial charge in [-0.25, -0.2) is 0 Å². The molecule has 0 spiro atoms. The lowest BCUT2D eigenvalue weighted by atomic mass is 10.0. The minimum atomic E-state index is -0.0440. The van der Waals surface area contributed by atoms with Crippen LogP contribution in [0.4, 0.5) is 0 Å². The summed E-state index contributed by atoms with van der Waals surface area (Å²) in [5.41, 5.74) is 0. The Balaban J connectivity index is 0.00000121. The maximum absolute atomic E-state index is 11.1. The van der Waals surface area contributed by atoms with Gasteiger partial charge in [-0.2, -0.15) is 0 Å². The Morgan fingerprint density at radius 3 is 2.50 bits per heavy atom. The minimum absolute atomic E-state index is 0. The number of esters is 1. The van der Waals surface area contributed by atoms with Crippen LogP contribution in [0.5, 0.6) is 0 Å². The predicted octanol–water partition coefficient (Wildman–Crippen LogP) is 0.827. The van der Waals surface area contributed by atoms with Gasteiger partial charge in [0.15, 0.2) is 0 Å². The molecule has 1 fully saturated rings. The molecule has 1 N–H and O–H groups in total. The van der Waals surface area contributed by atoms with E-state index in [1.165, 1.54) is 0 Å². The summed E-state index contributed by atoms with van der Waals surface area (Å²) in [6, 6.07) is 0. The maximum Gasteiger partial charge on any atom is 0.311 e. The first-order chi connectivity index (χ1) is 5.20. The van der Waals surface area contributed by atoms with Crippen molar-refractivity contribution >= 4 is 18.4 Å². The lowest BCUT2D eigenvalue weighted by molar-refractivity contribution is -0.151. The molecular weight excluding hydrogens is 178 g/mol. The van der Waals surface area contributed by atoms with Crippen molar-refractivity contribution in [2.45, 2.75) is 13.8 Å². The lowest BCUT2D eigenvalue weighted by Gasteiger charge is -2.25. The molecule has 0 saturated carbocycles. The zero-order valence-electron chi connectivity index (χ0n) is 7.50. The van der Waals surface area contributed by atoms with Crippen molar-refractivity contribution in [3.8, 4) is 0 Å². The van der Waals surface area contributed by atoms with Crippen molar-refractivity contribution in [2.24, 2.45) is 11.8 Å². The van der Waals surface area contributed by atoms with Crippen LogP contribution in [-0.2, 0) is 9.53 Å². The van der Waals surface area contributed by atoms with Crippen LogP contribution in [-0.4, -0.2) is 25.7 Å². The first-order valence-corrected chi connectivity index (χ1v) is 4.07. The largest absolute Gasteiger partial charge is 0.465 e. The van der Waals surface area contributed by atoms with Crippen LogP contribution >= 0.6 is 12.4 Å². The van der Waals surface area contributed by atoms with E-state index < -0.39 is 0 Å². The minimum Gasteiger partial charge on any atom is -0.465 e. The molecule has 12 heavy (non-hydrogen) atoms. The van der Waals surface area contributed by atoms with Gasteiger partial charge in [-0.1, -0.05) is 13.8 Å². The molecule has 4 heteroatoms. The van der Waals surface area contributed by atoms with E-state index in [0.717, 1.165) is 13.1 Å². The normalized spacial score (nSPS) is 16.6. The van der Waals surface area contributed by atoms with Crippen LogP contribution in [0.1, 0.15) is 13.8 Å². The zero-order chi connectivity index (χ0) is 8.27. The molecule has 0 aliphatic carbocycles. The third-order valence-corrected chi connectivity index (χ3v) is 1.67. The van der Waals surface area contributed by atoms with Gasteiger partial charge >= 0.3 is 5.97 Å². The van der Waals surface area contributed by atoms with Gasteiger partial charge in [0.2, 0.25) is 0 Å². The molecule has 0 radical (unpaired) electrons. The average molecular weight is 194 g/mol. The van der Waals surface area contributed by atoms with Crippen molar-refractivity contribution in [3.05, 3.63) is 0 Å². The van der Waals surface area contributed by atoms with E-state index in [-0.39, 0.29) is 24.3 Å². The third kappa shape index (κ3) is 3.41. The Bertz CT molecular complexity index is 146. The number of nitrogens with one attached hydrogen (secondary N) is 1. The number of rotatable bonds is 3. The van der Waals surface area contributed by atoms with E-state index in [1.807, 2.05) is 13.8 Å². The van der Waals surface area contributed by atoms with Gasteiger partial charge in [-0.3, -0.25) is 4.79 Å². The number of hydrogen-bond donors (Lipinski definition) is 1. The van der Waals surface area contributed by atoms with Crippen LogP contribution in [0.3, 0.4) is 0 Å². The molecule has 0 aromatic rings. The van der Waals surface area contributed by atoms with E-state index in [0.29, 0.717) is 12.5 Å². The molecule has 0 unspecified atom stereocenters. The van der Waals surface area contributed by atoms with Crippen molar-refractivity contribution in [1.82, 2.24) is 5.32 Å². The van der Waals surface area contributed by atoms with E-state index in [9.17, 15) is 4.79 Å². The van der Waals surface area contributed by atoms with Gasteiger partial charge in [0.05, 0.1) is 12.5 Å². The fourth-order valence-corrected chi connectivity index (χ4v) is 0.822. The highest BCUT2D eigenvalue weighted by Gasteiger charge is 2.26. The molecule has 3 nitrogen and oxygen atoms in total. The van der Waals surface area contributed by atoms with E-state index in [2.05, 4.69) is 5.32 Å². The summed E-state index contributed by atoms with van der Waals surface area (Å²) < 4.78 is 5.03. The SMILES string of the molecule is CC(C)COC(=O)C1CNC1.Cl. The van der Waals surface area contributed by atoms with E-state index in [1.54, 1.807) is 0 Å². The maximum atomic E-state index is 11.1. The fourth-order valence-electron chi connectivity index (χ4n) is 0.822. The highest BCUT2D eigenvalue weighted by Crippen LogP contribution is 2.06. The lowest BCUT2D eigenvalue weighted by Crippen LogP contribution is -2.47. The number of halogens is 1. The Labute approximate surface area is 79.3 Å². The first-order valence-electron chi connectivity index (χ1n) is 4.07. The summed E-state index contributed by atoms with van der Waals surface area (Å²) in [6.07, 6.45) is 0. The molecule has 0 bridgehead atoms. The molecule has 0 amide bonds. The van der Waals surface area contributed by atoms with Crippen molar-refractivity contribution < 1.29 is 9.53 Å². The molecular formula is C8H16ClNO2. The van der Waals surface area contributed by atoms with Crippen molar-refractivity contribution in [3.63, 3.8) is 0 Å². The van der Waals surface area contributed by atoms with E-state index in [4.69, 9.17) is 4.74 Å². The predicted molar refractivity (Wildman–Crippen MR) is 49.4 cm³/mol. The van der Waals surface area contributed by atoms with Gasteiger partial charge in [-0.05, 0) is 5.92 Å².